The Balaban J connectivity index is 2.39. The van der Waals surface area contributed by atoms with Crippen LogP contribution in [0.25, 0.3) is 0 Å². The maximum absolute atomic E-state index is 3.58. The van der Waals surface area contributed by atoms with E-state index in [4.69, 9.17) is 0 Å². The van der Waals surface area contributed by atoms with E-state index in [0.717, 1.165) is 12.1 Å². The van der Waals surface area contributed by atoms with Gasteiger partial charge in [0.1, 0.15) is 0 Å². The maximum atomic E-state index is 3.58. The van der Waals surface area contributed by atoms with Crippen LogP contribution in [0.5, 0.6) is 0 Å². The third kappa shape index (κ3) is 4.06. The van der Waals surface area contributed by atoms with Crippen molar-refractivity contribution in [2.75, 3.05) is 19.6 Å². The number of rotatable bonds is 8. The molecular formula is C14H30N2. The molecule has 1 saturated carbocycles. The largest absolute Gasteiger partial charge is 0.315 e. The van der Waals surface area contributed by atoms with Crippen molar-refractivity contribution in [3.8, 4) is 0 Å². The molecule has 0 spiro atoms. The van der Waals surface area contributed by atoms with Gasteiger partial charge in [0.25, 0.3) is 0 Å². The fourth-order valence-electron chi connectivity index (χ4n) is 2.99. The average molecular weight is 226 g/mol. The zero-order chi connectivity index (χ0) is 11.8. The molecule has 0 aromatic rings. The topological polar surface area (TPSA) is 15.3 Å². The van der Waals surface area contributed by atoms with Gasteiger partial charge >= 0.3 is 0 Å². The summed E-state index contributed by atoms with van der Waals surface area (Å²) in [5.41, 5.74) is 0. The summed E-state index contributed by atoms with van der Waals surface area (Å²) >= 11 is 0. The van der Waals surface area contributed by atoms with Crippen molar-refractivity contribution in [1.29, 1.82) is 0 Å². The van der Waals surface area contributed by atoms with Crippen LogP contribution in [0.2, 0.25) is 0 Å². The van der Waals surface area contributed by atoms with Gasteiger partial charge in [-0.15, -0.1) is 0 Å². The molecule has 2 nitrogen and oxygen atoms in total. The summed E-state index contributed by atoms with van der Waals surface area (Å²) < 4.78 is 0. The minimum absolute atomic E-state index is 0.750. The molecule has 1 unspecified atom stereocenters. The molecule has 1 fully saturated rings. The van der Waals surface area contributed by atoms with Gasteiger partial charge in [-0.05, 0) is 38.8 Å². The summed E-state index contributed by atoms with van der Waals surface area (Å²) in [6.07, 6.45) is 8.27. The molecule has 16 heavy (non-hydrogen) atoms. The second-order valence-corrected chi connectivity index (χ2v) is 5.03. The van der Waals surface area contributed by atoms with Crippen LogP contribution >= 0.6 is 0 Å². The van der Waals surface area contributed by atoms with E-state index in [0.29, 0.717) is 0 Å². The van der Waals surface area contributed by atoms with E-state index < -0.39 is 0 Å². The van der Waals surface area contributed by atoms with Gasteiger partial charge in [0.05, 0.1) is 0 Å². The minimum atomic E-state index is 0.750. The van der Waals surface area contributed by atoms with Crippen LogP contribution in [-0.4, -0.2) is 36.6 Å². The van der Waals surface area contributed by atoms with Crippen LogP contribution in [0, 0.1) is 0 Å². The lowest BCUT2D eigenvalue weighted by molar-refractivity contribution is 0.137. The van der Waals surface area contributed by atoms with Crippen LogP contribution in [0.1, 0.15) is 59.3 Å². The van der Waals surface area contributed by atoms with Crippen molar-refractivity contribution in [1.82, 2.24) is 10.2 Å². The zero-order valence-corrected chi connectivity index (χ0v) is 11.5. The molecule has 0 aromatic heterocycles. The first kappa shape index (κ1) is 14.0. The maximum Gasteiger partial charge on any atom is 0.0220 e. The third-order valence-electron chi connectivity index (χ3n) is 3.91. The van der Waals surface area contributed by atoms with Gasteiger partial charge in [0.2, 0.25) is 0 Å². The molecule has 0 radical (unpaired) electrons. The predicted molar refractivity (Wildman–Crippen MR) is 71.9 cm³/mol. The van der Waals surface area contributed by atoms with Crippen molar-refractivity contribution >= 4 is 0 Å². The van der Waals surface area contributed by atoms with Crippen molar-refractivity contribution in [2.24, 2.45) is 0 Å². The van der Waals surface area contributed by atoms with E-state index in [9.17, 15) is 0 Å². The van der Waals surface area contributed by atoms with Gasteiger partial charge < -0.3 is 5.32 Å². The summed E-state index contributed by atoms with van der Waals surface area (Å²) in [7, 11) is 0. The van der Waals surface area contributed by atoms with Crippen molar-refractivity contribution in [3.63, 3.8) is 0 Å². The summed E-state index contributed by atoms with van der Waals surface area (Å²) in [5.74, 6) is 0. The lowest BCUT2D eigenvalue weighted by Gasteiger charge is -2.35. The van der Waals surface area contributed by atoms with Crippen LogP contribution < -0.4 is 5.32 Å². The Bertz CT molecular complexity index is 164. The van der Waals surface area contributed by atoms with Crippen molar-refractivity contribution in [2.45, 2.75) is 71.4 Å². The molecule has 0 aromatic carbocycles. The van der Waals surface area contributed by atoms with Gasteiger partial charge in [0, 0.05) is 18.6 Å². The first-order valence-corrected chi connectivity index (χ1v) is 7.29. The smallest absolute Gasteiger partial charge is 0.0220 e. The lowest BCUT2D eigenvalue weighted by Crippen LogP contribution is -2.46. The Morgan fingerprint density at radius 2 is 1.88 bits per heavy atom. The molecule has 0 bridgehead atoms. The molecule has 1 N–H and O–H groups in total. The Kier molecular flexibility index (Phi) is 7.06. The lowest BCUT2D eigenvalue weighted by atomic mass is 10.1. The molecule has 0 amide bonds. The fourth-order valence-corrected chi connectivity index (χ4v) is 2.99. The van der Waals surface area contributed by atoms with E-state index >= 15 is 0 Å². The van der Waals surface area contributed by atoms with E-state index in [1.54, 1.807) is 0 Å². The predicted octanol–water partition coefficient (Wildman–Crippen LogP) is 3.03. The summed E-state index contributed by atoms with van der Waals surface area (Å²) in [5, 5.41) is 3.58. The molecule has 2 heteroatoms. The highest BCUT2D eigenvalue weighted by molar-refractivity contribution is 4.82. The minimum Gasteiger partial charge on any atom is -0.315 e. The Morgan fingerprint density at radius 1 is 1.19 bits per heavy atom. The van der Waals surface area contributed by atoms with Gasteiger partial charge in [-0.1, -0.05) is 33.6 Å². The molecular weight excluding hydrogens is 196 g/mol. The molecule has 96 valence electrons. The normalized spacial score (nSPS) is 19.5. The van der Waals surface area contributed by atoms with Crippen molar-refractivity contribution < 1.29 is 0 Å². The van der Waals surface area contributed by atoms with E-state index in [-0.39, 0.29) is 0 Å². The summed E-state index contributed by atoms with van der Waals surface area (Å²) in [6.45, 7) is 10.4. The van der Waals surface area contributed by atoms with Crippen molar-refractivity contribution in [3.05, 3.63) is 0 Å². The number of hydrogen-bond acceptors (Lipinski definition) is 2. The molecule has 0 heterocycles. The summed E-state index contributed by atoms with van der Waals surface area (Å²) in [4.78, 5) is 2.75. The van der Waals surface area contributed by atoms with Gasteiger partial charge in [-0.2, -0.15) is 0 Å². The number of nitrogens with zero attached hydrogens (tertiary/aromatic N) is 1. The van der Waals surface area contributed by atoms with Crippen LogP contribution in [0.3, 0.4) is 0 Å². The Hall–Kier alpha value is -0.0800. The Labute approximate surface area is 102 Å². The van der Waals surface area contributed by atoms with Gasteiger partial charge in [-0.3, -0.25) is 4.90 Å². The van der Waals surface area contributed by atoms with E-state index in [2.05, 4.69) is 31.0 Å². The highest BCUT2D eigenvalue weighted by atomic mass is 15.2. The van der Waals surface area contributed by atoms with Crippen LogP contribution in [-0.2, 0) is 0 Å². The third-order valence-corrected chi connectivity index (χ3v) is 3.91. The Morgan fingerprint density at radius 3 is 2.38 bits per heavy atom. The standard InChI is InChI=1S/C14H30N2/c1-4-11-15-12-13(5-2)16(6-3)14-9-7-8-10-14/h13-15H,4-12H2,1-3H3. The zero-order valence-electron chi connectivity index (χ0n) is 11.5. The highest BCUT2D eigenvalue weighted by Crippen LogP contribution is 2.25. The molecule has 1 rings (SSSR count). The number of hydrogen-bond donors (Lipinski definition) is 1. The quantitative estimate of drug-likeness (QED) is 0.640. The van der Waals surface area contributed by atoms with E-state index in [1.165, 1.54) is 58.2 Å². The number of likely N-dealkylation sites (N-methyl/N-ethyl adjacent to an activating group) is 1. The molecule has 0 saturated heterocycles. The molecule has 1 aliphatic rings. The average Bonchev–Trinajstić information content (AvgIpc) is 2.82. The van der Waals surface area contributed by atoms with Gasteiger partial charge in [0.15, 0.2) is 0 Å². The second kappa shape index (κ2) is 8.08. The first-order chi connectivity index (χ1) is 7.83. The number of nitrogens with one attached hydrogen (secondary N) is 1. The highest BCUT2D eigenvalue weighted by Gasteiger charge is 2.26. The van der Waals surface area contributed by atoms with E-state index in [1.807, 2.05) is 0 Å². The van der Waals surface area contributed by atoms with Gasteiger partial charge in [-0.25, -0.2) is 0 Å². The fraction of sp³-hybridized carbons (Fsp3) is 1.00. The summed E-state index contributed by atoms with van der Waals surface area (Å²) in [6, 6.07) is 1.62. The second-order valence-electron chi connectivity index (χ2n) is 5.03. The molecule has 1 atom stereocenters. The molecule has 0 aliphatic heterocycles. The first-order valence-electron chi connectivity index (χ1n) is 7.29. The van der Waals surface area contributed by atoms with Crippen LogP contribution in [0.15, 0.2) is 0 Å². The monoisotopic (exact) mass is 226 g/mol. The molecule has 1 aliphatic carbocycles. The SMILES string of the molecule is CCCNCC(CC)N(CC)C1CCCC1. The van der Waals surface area contributed by atoms with Crippen LogP contribution in [0.4, 0.5) is 0 Å².